The number of nitrogens with two attached hydrogens (primary N) is 1. The predicted molar refractivity (Wildman–Crippen MR) is 57.0 cm³/mol. The molecule has 0 aromatic carbocycles. The van der Waals surface area contributed by atoms with Crippen molar-refractivity contribution in [3.63, 3.8) is 0 Å². The van der Waals surface area contributed by atoms with Crippen molar-refractivity contribution in [2.75, 3.05) is 19.2 Å². The highest BCUT2D eigenvalue weighted by Gasteiger charge is 2.19. The van der Waals surface area contributed by atoms with Gasteiger partial charge in [-0.25, -0.2) is 9.36 Å². The average molecular weight is 265 g/mol. The van der Waals surface area contributed by atoms with E-state index in [4.69, 9.17) is 25.0 Å². The molecule has 0 aliphatic rings. The molecule has 10 heteroatoms. The summed E-state index contributed by atoms with van der Waals surface area (Å²) in [6.07, 6.45) is -0.899. The molecule has 0 saturated heterocycles. The summed E-state index contributed by atoms with van der Waals surface area (Å²) in [6.45, 7) is 0. The Bertz CT molecular complexity index is 483. The first-order chi connectivity index (χ1) is 7.83. The van der Waals surface area contributed by atoms with E-state index in [1.807, 2.05) is 0 Å². The van der Waals surface area contributed by atoms with Gasteiger partial charge in [0, 0.05) is 13.3 Å². The number of rotatable bonds is 5. The Morgan fingerprint density at radius 2 is 2.29 bits per heavy atom. The fourth-order valence-corrected chi connectivity index (χ4v) is 1.33. The normalized spacial score (nSPS) is 13.6. The molecule has 1 aromatic heterocycles. The molecule has 96 valence electrons. The Kier molecular flexibility index (Phi) is 4.38. The van der Waals surface area contributed by atoms with Crippen LogP contribution in [-0.2, 0) is 14.0 Å². The monoisotopic (exact) mass is 265 g/mol. The lowest BCUT2D eigenvalue weighted by molar-refractivity contribution is -0.167. The van der Waals surface area contributed by atoms with Crippen LogP contribution in [0.2, 0.25) is 0 Å². The second-order valence-corrected chi connectivity index (χ2v) is 4.63. The molecule has 0 bridgehead atoms. The maximum Gasteiger partial charge on any atom is 0.353 e. The van der Waals surface area contributed by atoms with Gasteiger partial charge in [-0.05, 0) is 6.07 Å². The van der Waals surface area contributed by atoms with E-state index in [2.05, 4.69) is 4.98 Å². The molecule has 0 fully saturated rings. The van der Waals surface area contributed by atoms with E-state index < -0.39 is 26.0 Å². The van der Waals surface area contributed by atoms with Gasteiger partial charge < -0.3 is 25.0 Å². The Morgan fingerprint density at radius 1 is 1.65 bits per heavy atom. The minimum Gasteiger partial charge on any atom is -0.383 e. The first-order valence-electron chi connectivity index (χ1n) is 4.37. The van der Waals surface area contributed by atoms with Crippen molar-refractivity contribution in [2.45, 2.75) is 6.41 Å². The van der Waals surface area contributed by atoms with E-state index in [1.165, 1.54) is 19.4 Å². The number of hydrogen-bond donors (Lipinski definition) is 3. The van der Waals surface area contributed by atoms with Crippen LogP contribution >= 0.6 is 7.60 Å². The predicted octanol–water partition coefficient (Wildman–Crippen LogP) is -0.920. The maximum atomic E-state index is 11.4. The van der Waals surface area contributed by atoms with Crippen molar-refractivity contribution in [3.05, 3.63) is 22.7 Å². The van der Waals surface area contributed by atoms with Gasteiger partial charge in [0.15, 0.2) is 6.35 Å². The molecule has 1 rings (SSSR count). The van der Waals surface area contributed by atoms with E-state index in [1.54, 1.807) is 0 Å². The zero-order valence-electron chi connectivity index (χ0n) is 8.89. The van der Waals surface area contributed by atoms with E-state index in [9.17, 15) is 9.36 Å². The van der Waals surface area contributed by atoms with Crippen LogP contribution in [0.5, 0.6) is 0 Å². The standard InChI is InChI=1S/C7H12N3O6P/c1-15-7(16-4-17(12,13)14)10-3-2-5(8)9-6(10)11/h2-3,7H,4H2,1H3,(H2,8,9,11)(H2,12,13,14). The minimum absolute atomic E-state index is 0.0242. The topological polar surface area (TPSA) is 137 Å². The largest absolute Gasteiger partial charge is 0.383 e. The molecule has 0 amide bonds. The summed E-state index contributed by atoms with van der Waals surface area (Å²) in [5.74, 6) is 0.0242. The fraction of sp³-hybridized carbons (Fsp3) is 0.429. The maximum absolute atomic E-state index is 11.4. The molecule has 17 heavy (non-hydrogen) atoms. The van der Waals surface area contributed by atoms with Crippen molar-refractivity contribution < 1.29 is 23.8 Å². The number of ether oxygens (including phenoxy) is 2. The molecule has 4 N–H and O–H groups in total. The van der Waals surface area contributed by atoms with E-state index >= 15 is 0 Å². The molecule has 0 radical (unpaired) electrons. The van der Waals surface area contributed by atoms with Crippen LogP contribution in [0.25, 0.3) is 0 Å². The molecule has 0 aliphatic heterocycles. The SMILES string of the molecule is COC(OCP(=O)(O)O)n1ccc(N)nc1=O. The molecule has 1 atom stereocenters. The summed E-state index contributed by atoms with van der Waals surface area (Å²) < 4.78 is 21.0. The van der Waals surface area contributed by atoms with E-state index in [0.717, 1.165) is 4.57 Å². The first-order valence-corrected chi connectivity index (χ1v) is 6.17. The van der Waals surface area contributed by atoms with Crippen LogP contribution < -0.4 is 11.4 Å². The van der Waals surface area contributed by atoms with Gasteiger partial charge in [0.25, 0.3) is 0 Å². The number of nitrogens with zero attached hydrogens (tertiary/aromatic N) is 2. The van der Waals surface area contributed by atoms with Crippen LogP contribution in [0.1, 0.15) is 6.41 Å². The number of aromatic nitrogens is 2. The van der Waals surface area contributed by atoms with Gasteiger partial charge >= 0.3 is 13.3 Å². The number of nitrogen functional groups attached to an aromatic ring is 1. The van der Waals surface area contributed by atoms with Crippen molar-refractivity contribution in [3.8, 4) is 0 Å². The van der Waals surface area contributed by atoms with Crippen molar-refractivity contribution in [2.24, 2.45) is 0 Å². The second kappa shape index (κ2) is 5.39. The molecular weight excluding hydrogens is 253 g/mol. The molecule has 0 saturated carbocycles. The summed E-state index contributed by atoms with van der Waals surface area (Å²) in [7, 11) is -3.13. The van der Waals surface area contributed by atoms with Gasteiger partial charge in [-0.15, -0.1) is 0 Å². The third-order valence-electron chi connectivity index (χ3n) is 1.67. The van der Waals surface area contributed by atoms with Crippen LogP contribution in [0.3, 0.4) is 0 Å². The molecule has 1 heterocycles. The van der Waals surface area contributed by atoms with Gasteiger partial charge in [0.1, 0.15) is 5.82 Å². The molecule has 9 nitrogen and oxygen atoms in total. The summed E-state index contributed by atoms with van der Waals surface area (Å²) in [4.78, 5) is 32.1. The Labute approximate surface area is 96.0 Å². The van der Waals surface area contributed by atoms with E-state index in [0.29, 0.717) is 0 Å². The first kappa shape index (κ1) is 13.8. The summed E-state index contributed by atoms with van der Waals surface area (Å²) in [5.41, 5.74) is 4.53. The molecule has 1 aromatic rings. The molecular formula is C7H12N3O6P. The van der Waals surface area contributed by atoms with Crippen LogP contribution in [0, 0.1) is 0 Å². The zero-order valence-corrected chi connectivity index (χ0v) is 9.78. The third kappa shape index (κ3) is 4.25. The van der Waals surface area contributed by atoms with Crippen molar-refractivity contribution in [1.29, 1.82) is 0 Å². The lowest BCUT2D eigenvalue weighted by Gasteiger charge is -2.18. The average Bonchev–Trinajstić information content (AvgIpc) is 2.19. The summed E-state index contributed by atoms with van der Waals surface area (Å²) >= 11 is 0. The van der Waals surface area contributed by atoms with Crippen LogP contribution in [0.4, 0.5) is 5.82 Å². The minimum atomic E-state index is -4.34. The summed E-state index contributed by atoms with van der Waals surface area (Å²) in [6, 6.07) is 1.33. The molecule has 0 spiro atoms. The highest BCUT2D eigenvalue weighted by atomic mass is 31.2. The van der Waals surface area contributed by atoms with Gasteiger partial charge in [-0.3, -0.25) is 4.57 Å². The van der Waals surface area contributed by atoms with Gasteiger partial charge in [-0.1, -0.05) is 0 Å². The highest BCUT2D eigenvalue weighted by Crippen LogP contribution is 2.35. The van der Waals surface area contributed by atoms with Gasteiger partial charge in [-0.2, -0.15) is 4.98 Å². The van der Waals surface area contributed by atoms with E-state index in [-0.39, 0.29) is 5.82 Å². The number of methoxy groups -OCH3 is 1. The zero-order chi connectivity index (χ0) is 13.1. The Morgan fingerprint density at radius 3 is 2.76 bits per heavy atom. The van der Waals surface area contributed by atoms with Crippen LogP contribution in [0.15, 0.2) is 17.1 Å². The number of anilines is 1. The third-order valence-corrected chi connectivity index (χ3v) is 2.15. The smallest absolute Gasteiger partial charge is 0.353 e. The van der Waals surface area contributed by atoms with Crippen molar-refractivity contribution >= 4 is 13.4 Å². The lowest BCUT2D eigenvalue weighted by atomic mass is 10.6. The fourth-order valence-electron chi connectivity index (χ4n) is 1.01. The van der Waals surface area contributed by atoms with Gasteiger partial charge in [0.2, 0.25) is 6.41 Å². The molecule has 0 aliphatic carbocycles. The quantitative estimate of drug-likeness (QED) is 0.459. The summed E-state index contributed by atoms with van der Waals surface area (Å²) in [5, 5.41) is 0. The lowest BCUT2D eigenvalue weighted by Crippen LogP contribution is -2.29. The molecule has 1 unspecified atom stereocenters. The van der Waals surface area contributed by atoms with Gasteiger partial charge in [0.05, 0.1) is 0 Å². The van der Waals surface area contributed by atoms with Crippen LogP contribution in [-0.4, -0.2) is 32.8 Å². The van der Waals surface area contributed by atoms with Crippen molar-refractivity contribution in [1.82, 2.24) is 9.55 Å². The number of hydrogen-bond acceptors (Lipinski definition) is 6. The second-order valence-electron chi connectivity index (χ2n) is 3.05. The Hall–Kier alpha value is -1.25. The Balaban J connectivity index is 2.87. The highest BCUT2D eigenvalue weighted by molar-refractivity contribution is 7.51.